The Bertz CT molecular complexity index is 904. The molecule has 2 aromatic carbocycles. The molecule has 0 aromatic heterocycles. The second kappa shape index (κ2) is 8.32. The molecule has 2 aromatic rings. The number of rotatable bonds is 7. The van der Waals surface area contributed by atoms with E-state index in [1.54, 1.807) is 0 Å². The summed E-state index contributed by atoms with van der Waals surface area (Å²) >= 11 is 5.93. The van der Waals surface area contributed by atoms with Crippen LogP contribution in [0.2, 0.25) is 5.02 Å². The zero-order valence-electron chi connectivity index (χ0n) is 14.2. The number of nitrogens with one attached hydrogen (secondary N) is 1. The van der Waals surface area contributed by atoms with Crippen LogP contribution in [-0.4, -0.2) is 29.0 Å². The fourth-order valence-electron chi connectivity index (χ4n) is 2.07. The van der Waals surface area contributed by atoms with Gasteiger partial charge in [-0.3, -0.25) is 25.0 Å². The molecule has 0 aliphatic carbocycles. The van der Waals surface area contributed by atoms with Crippen molar-refractivity contribution in [3.8, 4) is 11.5 Å². The lowest BCUT2D eigenvalue weighted by molar-refractivity contribution is -0.386. The molecule has 0 aliphatic rings. The number of anilines is 1. The first-order valence-electron chi connectivity index (χ1n) is 7.46. The maximum atomic E-state index is 12.3. The zero-order chi connectivity index (χ0) is 20.1. The number of carbonyl (C=O) groups excluding carboxylic acids is 1. The van der Waals surface area contributed by atoms with Crippen LogP contribution >= 0.6 is 11.6 Å². The monoisotopic (exact) mass is 395 g/mol. The van der Waals surface area contributed by atoms with Crippen molar-refractivity contribution in [1.82, 2.24) is 0 Å². The molecule has 0 saturated heterocycles. The summed E-state index contributed by atoms with van der Waals surface area (Å²) in [6, 6.07) is 7.49. The number of methoxy groups -OCH3 is 1. The van der Waals surface area contributed by atoms with Crippen LogP contribution in [0.3, 0.4) is 0 Å². The first kappa shape index (κ1) is 19.9. The molecule has 142 valence electrons. The molecule has 0 saturated carbocycles. The average Bonchev–Trinajstić information content (AvgIpc) is 2.63. The number of amides is 1. The molecule has 1 amide bonds. The van der Waals surface area contributed by atoms with Crippen LogP contribution in [0, 0.1) is 20.2 Å². The molecule has 0 fully saturated rings. The van der Waals surface area contributed by atoms with E-state index in [2.05, 4.69) is 5.32 Å². The lowest BCUT2D eigenvalue weighted by Gasteiger charge is -2.15. The van der Waals surface area contributed by atoms with Crippen molar-refractivity contribution in [1.29, 1.82) is 0 Å². The van der Waals surface area contributed by atoms with E-state index in [0.717, 1.165) is 12.1 Å². The van der Waals surface area contributed by atoms with E-state index < -0.39 is 21.9 Å². The number of halogens is 1. The van der Waals surface area contributed by atoms with Gasteiger partial charge in [0.15, 0.2) is 11.9 Å². The largest absolute Gasteiger partial charge is 0.496 e. The first-order chi connectivity index (χ1) is 12.7. The number of nitrogens with zero attached hydrogens (tertiary/aromatic N) is 2. The Kier molecular flexibility index (Phi) is 6.14. The molecular weight excluding hydrogens is 382 g/mol. The summed E-state index contributed by atoms with van der Waals surface area (Å²) in [6.07, 6.45) is -1.15. The molecule has 0 heterocycles. The Labute approximate surface area is 157 Å². The normalized spacial score (nSPS) is 11.4. The number of non-ortho nitro benzene ring substituents is 1. The van der Waals surface area contributed by atoms with Crippen LogP contribution in [0.25, 0.3) is 0 Å². The van der Waals surface area contributed by atoms with Crippen molar-refractivity contribution in [2.24, 2.45) is 0 Å². The van der Waals surface area contributed by atoms with Gasteiger partial charge in [0.05, 0.1) is 33.7 Å². The Morgan fingerprint density at radius 1 is 1.15 bits per heavy atom. The van der Waals surface area contributed by atoms with Crippen LogP contribution in [0.15, 0.2) is 36.4 Å². The lowest BCUT2D eigenvalue weighted by atomic mass is 10.2. The van der Waals surface area contributed by atoms with Crippen molar-refractivity contribution >= 4 is 34.6 Å². The summed E-state index contributed by atoms with van der Waals surface area (Å²) in [6.45, 7) is 1.37. The van der Waals surface area contributed by atoms with E-state index in [4.69, 9.17) is 21.1 Å². The van der Waals surface area contributed by atoms with Gasteiger partial charge in [-0.05, 0) is 25.1 Å². The van der Waals surface area contributed by atoms with E-state index in [0.29, 0.717) is 0 Å². The molecule has 0 aliphatic heterocycles. The van der Waals surface area contributed by atoms with Crippen LogP contribution in [0.4, 0.5) is 17.1 Å². The Hall–Kier alpha value is -3.40. The maximum absolute atomic E-state index is 12.3. The van der Waals surface area contributed by atoms with E-state index >= 15 is 0 Å². The van der Waals surface area contributed by atoms with Crippen molar-refractivity contribution < 1.29 is 24.1 Å². The minimum Gasteiger partial charge on any atom is -0.496 e. The molecule has 10 nitrogen and oxygen atoms in total. The SMILES string of the molecule is COc1ccc(OC(C)C(=O)Nc2cc([N+](=O)[O-])ccc2Cl)c([N+](=O)[O-])c1. The highest BCUT2D eigenvalue weighted by Crippen LogP contribution is 2.32. The van der Waals surface area contributed by atoms with Gasteiger partial charge >= 0.3 is 5.69 Å². The molecule has 0 radical (unpaired) electrons. The van der Waals surface area contributed by atoms with Gasteiger partial charge in [-0.1, -0.05) is 11.6 Å². The predicted octanol–water partition coefficient (Wildman–Crippen LogP) is 3.57. The molecule has 0 spiro atoms. The van der Waals surface area contributed by atoms with Gasteiger partial charge in [-0.2, -0.15) is 0 Å². The fraction of sp³-hybridized carbons (Fsp3) is 0.188. The van der Waals surface area contributed by atoms with E-state index in [9.17, 15) is 25.0 Å². The Balaban J connectivity index is 2.18. The van der Waals surface area contributed by atoms with Crippen LogP contribution in [-0.2, 0) is 4.79 Å². The zero-order valence-corrected chi connectivity index (χ0v) is 14.9. The van der Waals surface area contributed by atoms with E-state index in [-0.39, 0.29) is 33.6 Å². The minimum absolute atomic E-state index is 0.0237. The van der Waals surface area contributed by atoms with E-state index in [1.165, 1.54) is 38.3 Å². The van der Waals surface area contributed by atoms with Crippen molar-refractivity contribution in [3.63, 3.8) is 0 Å². The fourth-order valence-corrected chi connectivity index (χ4v) is 2.23. The van der Waals surface area contributed by atoms with Gasteiger partial charge in [-0.15, -0.1) is 0 Å². The molecule has 0 bridgehead atoms. The standard InChI is InChI=1S/C16H14ClN3O7/c1-9(27-15-6-4-11(26-2)8-14(15)20(24)25)16(21)18-13-7-10(19(22)23)3-5-12(13)17/h3-9H,1-2H3,(H,18,21). The molecular formula is C16H14ClN3O7. The number of hydrogen-bond acceptors (Lipinski definition) is 7. The summed E-state index contributed by atoms with van der Waals surface area (Å²) in [5.41, 5.74) is -0.605. The quantitative estimate of drug-likeness (QED) is 0.559. The number of ether oxygens (including phenoxy) is 2. The lowest BCUT2D eigenvalue weighted by Crippen LogP contribution is -2.30. The van der Waals surface area contributed by atoms with Gasteiger partial charge in [0, 0.05) is 12.1 Å². The maximum Gasteiger partial charge on any atom is 0.314 e. The third-order valence-electron chi connectivity index (χ3n) is 3.45. The molecule has 2 rings (SSSR count). The molecule has 27 heavy (non-hydrogen) atoms. The van der Waals surface area contributed by atoms with E-state index in [1.807, 2.05) is 0 Å². The third-order valence-corrected chi connectivity index (χ3v) is 3.78. The number of nitro groups is 2. The molecule has 11 heteroatoms. The highest BCUT2D eigenvalue weighted by molar-refractivity contribution is 6.33. The van der Waals surface area contributed by atoms with Crippen molar-refractivity contribution in [2.45, 2.75) is 13.0 Å². The molecule has 1 N–H and O–H groups in total. The van der Waals surface area contributed by atoms with Crippen molar-refractivity contribution in [3.05, 3.63) is 61.6 Å². The third kappa shape index (κ3) is 4.82. The highest BCUT2D eigenvalue weighted by atomic mass is 35.5. The van der Waals surface area contributed by atoms with Gasteiger partial charge in [0.2, 0.25) is 0 Å². The smallest absolute Gasteiger partial charge is 0.314 e. The van der Waals surface area contributed by atoms with Gasteiger partial charge < -0.3 is 14.8 Å². The average molecular weight is 396 g/mol. The summed E-state index contributed by atoms with van der Waals surface area (Å²) in [5.74, 6) is -0.564. The number of benzene rings is 2. The molecule has 1 unspecified atom stereocenters. The second-order valence-corrected chi connectivity index (χ2v) is 5.67. The Morgan fingerprint density at radius 2 is 1.85 bits per heavy atom. The van der Waals surface area contributed by atoms with Crippen LogP contribution in [0.5, 0.6) is 11.5 Å². The summed E-state index contributed by atoms with van der Waals surface area (Å²) in [7, 11) is 1.36. The van der Waals surface area contributed by atoms with Crippen LogP contribution in [0.1, 0.15) is 6.92 Å². The summed E-state index contributed by atoms with van der Waals surface area (Å²) < 4.78 is 10.3. The number of nitro benzene ring substituents is 2. The number of carbonyl (C=O) groups is 1. The van der Waals surface area contributed by atoms with Gasteiger partial charge in [0.1, 0.15) is 5.75 Å². The minimum atomic E-state index is -1.15. The van der Waals surface area contributed by atoms with Gasteiger partial charge in [-0.25, -0.2) is 0 Å². The predicted molar refractivity (Wildman–Crippen MR) is 96.5 cm³/mol. The highest BCUT2D eigenvalue weighted by Gasteiger charge is 2.23. The summed E-state index contributed by atoms with van der Waals surface area (Å²) in [4.78, 5) is 33.0. The first-order valence-corrected chi connectivity index (χ1v) is 7.84. The summed E-state index contributed by atoms with van der Waals surface area (Å²) in [5, 5.41) is 24.5. The second-order valence-electron chi connectivity index (χ2n) is 5.26. The van der Waals surface area contributed by atoms with Crippen molar-refractivity contribution in [2.75, 3.05) is 12.4 Å². The Morgan fingerprint density at radius 3 is 2.44 bits per heavy atom. The number of hydrogen-bond donors (Lipinski definition) is 1. The topological polar surface area (TPSA) is 134 Å². The van der Waals surface area contributed by atoms with Gasteiger partial charge in [0.25, 0.3) is 11.6 Å². The van der Waals surface area contributed by atoms with Crippen LogP contribution < -0.4 is 14.8 Å². The molecule has 1 atom stereocenters.